The second kappa shape index (κ2) is 4.35. The Labute approximate surface area is 89.7 Å². The first-order valence-corrected chi connectivity index (χ1v) is 5.25. The molecule has 0 bridgehead atoms. The fourth-order valence-corrected chi connectivity index (χ4v) is 2.03. The van der Waals surface area contributed by atoms with Crippen LogP contribution < -0.4 is 5.32 Å². The smallest absolute Gasteiger partial charge is 0.146 e. The lowest BCUT2D eigenvalue weighted by Crippen LogP contribution is -2.01. The summed E-state index contributed by atoms with van der Waals surface area (Å²) in [6.45, 7) is 2.68. The van der Waals surface area contributed by atoms with Crippen molar-refractivity contribution in [3.8, 4) is 11.8 Å². The molecule has 1 aliphatic rings. The summed E-state index contributed by atoms with van der Waals surface area (Å²) in [6, 6.07) is 5.28. The van der Waals surface area contributed by atoms with Crippen molar-refractivity contribution in [3.05, 3.63) is 29.6 Å². The minimum absolute atomic E-state index is 0.142. The molecule has 1 aliphatic heterocycles. The van der Waals surface area contributed by atoms with Gasteiger partial charge < -0.3 is 5.32 Å². The largest absolute Gasteiger partial charge is 0.382 e. The van der Waals surface area contributed by atoms with Crippen LogP contribution in [0.2, 0.25) is 0 Å². The molecule has 78 valence electrons. The zero-order valence-electron chi connectivity index (χ0n) is 8.81. The van der Waals surface area contributed by atoms with E-state index in [0.29, 0.717) is 11.6 Å². The molecule has 0 aromatic heterocycles. The van der Waals surface area contributed by atoms with E-state index in [-0.39, 0.29) is 5.82 Å². The first kappa shape index (κ1) is 10.0. The first-order chi connectivity index (χ1) is 7.33. The van der Waals surface area contributed by atoms with Gasteiger partial charge in [0, 0.05) is 18.9 Å². The van der Waals surface area contributed by atoms with Crippen molar-refractivity contribution >= 4 is 5.69 Å². The Morgan fingerprint density at radius 2 is 2.40 bits per heavy atom. The van der Waals surface area contributed by atoms with E-state index in [1.54, 1.807) is 6.07 Å². The van der Waals surface area contributed by atoms with Gasteiger partial charge in [0.15, 0.2) is 0 Å². The molecule has 1 atom stereocenters. The van der Waals surface area contributed by atoms with Crippen molar-refractivity contribution in [1.29, 1.82) is 0 Å². The van der Waals surface area contributed by atoms with Crippen LogP contribution in [0.1, 0.15) is 31.2 Å². The lowest BCUT2D eigenvalue weighted by Gasteiger charge is -2.07. The molecule has 0 amide bonds. The molecule has 15 heavy (non-hydrogen) atoms. The summed E-state index contributed by atoms with van der Waals surface area (Å²) in [5.41, 5.74) is 1.79. The molecule has 2 rings (SSSR count). The van der Waals surface area contributed by atoms with Gasteiger partial charge in [-0.1, -0.05) is 12.1 Å². The molecule has 1 nitrogen and oxygen atoms in total. The van der Waals surface area contributed by atoms with Crippen molar-refractivity contribution in [2.75, 3.05) is 11.9 Å². The summed E-state index contributed by atoms with van der Waals surface area (Å²) in [6.07, 6.45) is 1.89. The number of para-hydroxylation sites is 1. The van der Waals surface area contributed by atoms with E-state index < -0.39 is 0 Å². The minimum Gasteiger partial charge on any atom is -0.382 e. The molecular formula is C13H14FN. The molecule has 1 N–H and O–H groups in total. The predicted octanol–water partition coefficient (Wildman–Crippen LogP) is 3.14. The highest BCUT2D eigenvalue weighted by atomic mass is 19.1. The highest BCUT2D eigenvalue weighted by Crippen LogP contribution is 2.35. The number of benzene rings is 1. The van der Waals surface area contributed by atoms with E-state index in [0.717, 1.165) is 24.9 Å². The number of hydrogen-bond donors (Lipinski definition) is 1. The van der Waals surface area contributed by atoms with Gasteiger partial charge in [-0.3, -0.25) is 0 Å². The average molecular weight is 203 g/mol. The molecular weight excluding hydrogens is 189 g/mol. The van der Waals surface area contributed by atoms with Gasteiger partial charge in [-0.05, 0) is 25.0 Å². The van der Waals surface area contributed by atoms with E-state index in [4.69, 9.17) is 0 Å². The second-order valence-electron chi connectivity index (χ2n) is 3.75. The number of anilines is 1. The van der Waals surface area contributed by atoms with Crippen LogP contribution >= 0.6 is 0 Å². The van der Waals surface area contributed by atoms with Gasteiger partial charge in [0.2, 0.25) is 0 Å². The Hall–Kier alpha value is -1.49. The first-order valence-electron chi connectivity index (χ1n) is 5.25. The van der Waals surface area contributed by atoms with Crippen molar-refractivity contribution in [2.24, 2.45) is 0 Å². The Balaban J connectivity index is 2.13. The molecule has 0 fully saturated rings. The summed E-state index contributed by atoms with van der Waals surface area (Å²) in [7, 11) is 0. The molecule has 0 aliphatic carbocycles. The predicted molar refractivity (Wildman–Crippen MR) is 60.3 cm³/mol. The highest BCUT2D eigenvalue weighted by Gasteiger charge is 2.23. The van der Waals surface area contributed by atoms with Gasteiger partial charge in [-0.15, -0.1) is 11.8 Å². The van der Waals surface area contributed by atoms with Crippen molar-refractivity contribution < 1.29 is 4.39 Å². The topological polar surface area (TPSA) is 12.0 Å². The van der Waals surface area contributed by atoms with E-state index in [1.165, 1.54) is 6.07 Å². The Bertz CT molecular complexity index is 414. The van der Waals surface area contributed by atoms with Crippen molar-refractivity contribution in [1.82, 2.24) is 0 Å². The summed E-state index contributed by atoms with van der Waals surface area (Å²) >= 11 is 0. The van der Waals surface area contributed by atoms with Crippen molar-refractivity contribution in [3.63, 3.8) is 0 Å². The van der Waals surface area contributed by atoms with E-state index in [2.05, 4.69) is 17.2 Å². The van der Waals surface area contributed by atoms with Crippen LogP contribution in [0.15, 0.2) is 18.2 Å². The molecule has 0 spiro atoms. The Morgan fingerprint density at radius 1 is 1.53 bits per heavy atom. The lowest BCUT2D eigenvalue weighted by molar-refractivity contribution is 0.631. The SMILES string of the molecule is CC#CCCC1CNc2c(F)cccc21. The molecule has 0 saturated carbocycles. The van der Waals surface area contributed by atoms with Crippen LogP contribution in [0, 0.1) is 17.7 Å². The summed E-state index contributed by atoms with van der Waals surface area (Å²) < 4.78 is 13.4. The Morgan fingerprint density at radius 3 is 3.20 bits per heavy atom. The summed E-state index contributed by atoms with van der Waals surface area (Å²) in [5, 5.41) is 3.12. The highest BCUT2D eigenvalue weighted by molar-refractivity contribution is 5.58. The summed E-state index contributed by atoms with van der Waals surface area (Å²) in [5.74, 6) is 6.20. The normalized spacial score (nSPS) is 17.6. The van der Waals surface area contributed by atoms with Gasteiger partial charge in [-0.2, -0.15) is 0 Å². The van der Waals surface area contributed by atoms with Gasteiger partial charge in [0.25, 0.3) is 0 Å². The maximum atomic E-state index is 13.4. The van der Waals surface area contributed by atoms with E-state index in [9.17, 15) is 4.39 Å². The maximum absolute atomic E-state index is 13.4. The van der Waals surface area contributed by atoms with Crippen LogP contribution in [0.25, 0.3) is 0 Å². The quantitative estimate of drug-likeness (QED) is 0.728. The van der Waals surface area contributed by atoms with Crippen LogP contribution in [0.3, 0.4) is 0 Å². The molecule has 1 aromatic rings. The third kappa shape index (κ3) is 1.97. The standard InChI is InChI=1S/C13H14FN/c1-2-3-4-6-10-9-15-13-11(10)7-5-8-12(13)14/h5,7-8,10,15H,4,6,9H2,1H3. The van der Waals surface area contributed by atoms with E-state index >= 15 is 0 Å². The zero-order chi connectivity index (χ0) is 10.7. The average Bonchev–Trinajstić information content (AvgIpc) is 2.64. The monoisotopic (exact) mass is 203 g/mol. The van der Waals surface area contributed by atoms with Crippen LogP contribution in [-0.4, -0.2) is 6.54 Å². The lowest BCUT2D eigenvalue weighted by atomic mass is 9.96. The number of fused-ring (bicyclic) bond motifs is 1. The molecule has 1 heterocycles. The van der Waals surface area contributed by atoms with Crippen LogP contribution in [0.4, 0.5) is 10.1 Å². The van der Waals surface area contributed by atoms with Crippen LogP contribution in [0.5, 0.6) is 0 Å². The van der Waals surface area contributed by atoms with Gasteiger partial charge in [-0.25, -0.2) is 4.39 Å². The van der Waals surface area contributed by atoms with Crippen LogP contribution in [-0.2, 0) is 0 Å². The molecule has 0 radical (unpaired) electrons. The maximum Gasteiger partial charge on any atom is 0.146 e. The fourth-order valence-electron chi connectivity index (χ4n) is 2.03. The van der Waals surface area contributed by atoms with Gasteiger partial charge >= 0.3 is 0 Å². The van der Waals surface area contributed by atoms with Gasteiger partial charge in [0.05, 0.1) is 5.69 Å². The number of rotatable bonds is 2. The summed E-state index contributed by atoms with van der Waals surface area (Å²) in [4.78, 5) is 0. The molecule has 1 aromatic carbocycles. The third-order valence-corrected chi connectivity index (χ3v) is 2.81. The Kier molecular flexibility index (Phi) is 2.91. The number of hydrogen-bond acceptors (Lipinski definition) is 1. The number of nitrogens with one attached hydrogen (secondary N) is 1. The molecule has 1 unspecified atom stereocenters. The second-order valence-corrected chi connectivity index (χ2v) is 3.75. The fraction of sp³-hybridized carbons (Fsp3) is 0.385. The minimum atomic E-state index is -0.142. The third-order valence-electron chi connectivity index (χ3n) is 2.81. The van der Waals surface area contributed by atoms with Crippen molar-refractivity contribution in [2.45, 2.75) is 25.7 Å². The zero-order valence-corrected chi connectivity index (χ0v) is 8.81. The van der Waals surface area contributed by atoms with Gasteiger partial charge in [0.1, 0.15) is 5.82 Å². The van der Waals surface area contributed by atoms with E-state index in [1.807, 2.05) is 13.0 Å². The molecule has 0 saturated heterocycles. The number of halogens is 1. The molecule has 2 heteroatoms.